The van der Waals surface area contributed by atoms with Gasteiger partial charge >= 0.3 is 0 Å². The Labute approximate surface area is 162 Å². The lowest BCUT2D eigenvalue weighted by atomic mass is 10.1. The minimum Gasteiger partial charge on any atom is -0.508 e. The summed E-state index contributed by atoms with van der Waals surface area (Å²) < 4.78 is 5.72. The molecule has 1 atom stereocenters. The number of aromatic nitrogens is 1. The third-order valence-corrected chi connectivity index (χ3v) is 5.07. The number of aromatic amines is 1. The van der Waals surface area contributed by atoms with E-state index in [1.807, 2.05) is 24.3 Å². The molecular weight excluding hydrogens is 356 g/mol. The summed E-state index contributed by atoms with van der Waals surface area (Å²) in [6, 6.07) is 15.6. The normalized spacial score (nSPS) is 16.4. The Morgan fingerprint density at radius 1 is 1.18 bits per heavy atom. The van der Waals surface area contributed by atoms with E-state index in [2.05, 4.69) is 4.98 Å². The lowest BCUT2D eigenvalue weighted by Crippen LogP contribution is -2.37. The molecule has 3 aromatic rings. The first kappa shape index (κ1) is 18.3. The number of nitrogens with one attached hydrogen (secondary N) is 1. The molecule has 0 aliphatic carbocycles. The zero-order chi connectivity index (χ0) is 19.5. The molecule has 144 valence electrons. The molecule has 1 fully saturated rings. The summed E-state index contributed by atoms with van der Waals surface area (Å²) in [7, 11) is 0. The molecule has 1 unspecified atom stereocenters. The van der Waals surface area contributed by atoms with Crippen LogP contribution in [-0.4, -0.2) is 40.2 Å². The number of carbonyl (C=O) groups is 1. The molecule has 0 radical (unpaired) electrons. The van der Waals surface area contributed by atoms with Gasteiger partial charge in [0.05, 0.1) is 11.7 Å². The van der Waals surface area contributed by atoms with E-state index in [1.54, 1.807) is 29.2 Å². The van der Waals surface area contributed by atoms with E-state index in [1.165, 1.54) is 6.07 Å². The van der Waals surface area contributed by atoms with Crippen LogP contribution in [0.4, 0.5) is 0 Å². The Morgan fingerprint density at radius 2 is 1.96 bits per heavy atom. The van der Waals surface area contributed by atoms with Gasteiger partial charge in [0.15, 0.2) is 0 Å². The van der Waals surface area contributed by atoms with Crippen molar-refractivity contribution in [2.75, 3.05) is 13.2 Å². The largest absolute Gasteiger partial charge is 0.508 e. The molecule has 0 bridgehead atoms. The SMILES string of the molecule is O=C(c1cc(=O)[nH]c2ccccc12)N(Cc1ccccc1O)CC1CCCO1. The Bertz CT molecular complexity index is 1050. The topological polar surface area (TPSA) is 82.6 Å². The fourth-order valence-corrected chi connectivity index (χ4v) is 3.66. The third kappa shape index (κ3) is 3.77. The van der Waals surface area contributed by atoms with E-state index in [-0.39, 0.29) is 29.9 Å². The van der Waals surface area contributed by atoms with Gasteiger partial charge in [-0.3, -0.25) is 9.59 Å². The predicted octanol–water partition coefficient (Wildman–Crippen LogP) is 3.06. The highest BCUT2D eigenvalue weighted by molar-refractivity contribution is 6.05. The molecule has 1 aliphatic heterocycles. The van der Waals surface area contributed by atoms with Crippen molar-refractivity contribution in [3.05, 3.63) is 76.1 Å². The molecule has 2 aromatic carbocycles. The van der Waals surface area contributed by atoms with E-state index in [4.69, 9.17) is 4.74 Å². The fraction of sp³-hybridized carbons (Fsp3) is 0.273. The second-order valence-corrected chi connectivity index (χ2v) is 7.04. The van der Waals surface area contributed by atoms with Gasteiger partial charge in [-0.25, -0.2) is 0 Å². The molecule has 0 spiro atoms. The maximum Gasteiger partial charge on any atom is 0.255 e. The van der Waals surface area contributed by atoms with Crippen LogP contribution < -0.4 is 5.56 Å². The van der Waals surface area contributed by atoms with Crippen molar-refractivity contribution in [2.45, 2.75) is 25.5 Å². The lowest BCUT2D eigenvalue weighted by molar-refractivity contribution is 0.0507. The number of rotatable bonds is 5. The van der Waals surface area contributed by atoms with Gasteiger partial charge in [0.1, 0.15) is 5.75 Å². The van der Waals surface area contributed by atoms with Crippen molar-refractivity contribution in [1.82, 2.24) is 9.88 Å². The monoisotopic (exact) mass is 378 g/mol. The van der Waals surface area contributed by atoms with Crippen LogP contribution in [0.2, 0.25) is 0 Å². The predicted molar refractivity (Wildman–Crippen MR) is 106 cm³/mol. The van der Waals surface area contributed by atoms with Crippen molar-refractivity contribution in [1.29, 1.82) is 0 Å². The van der Waals surface area contributed by atoms with Gasteiger partial charge in [-0.1, -0.05) is 36.4 Å². The average molecular weight is 378 g/mol. The number of pyridine rings is 1. The third-order valence-electron chi connectivity index (χ3n) is 5.07. The van der Waals surface area contributed by atoms with Crippen LogP contribution in [0.1, 0.15) is 28.8 Å². The number of fused-ring (bicyclic) bond motifs is 1. The summed E-state index contributed by atoms with van der Waals surface area (Å²) in [5, 5.41) is 10.9. The highest BCUT2D eigenvalue weighted by atomic mass is 16.5. The molecule has 6 nitrogen and oxygen atoms in total. The molecule has 1 aromatic heterocycles. The number of nitrogens with zero attached hydrogens (tertiary/aromatic N) is 1. The number of phenolic OH excluding ortho intramolecular Hbond substituents is 1. The highest BCUT2D eigenvalue weighted by Gasteiger charge is 2.25. The smallest absolute Gasteiger partial charge is 0.255 e. The number of hydrogen-bond donors (Lipinski definition) is 2. The van der Waals surface area contributed by atoms with Crippen molar-refractivity contribution >= 4 is 16.8 Å². The quantitative estimate of drug-likeness (QED) is 0.715. The highest BCUT2D eigenvalue weighted by Crippen LogP contribution is 2.23. The van der Waals surface area contributed by atoms with Crippen molar-refractivity contribution < 1.29 is 14.6 Å². The van der Waals surface area contributed by atoms with Crippen LogP contribution in [-0.2, 0) is 11.3 Å². The molecule has 1 aliphatic rings. The number of ether oxygens (including phenoxy) is 1. The van der Waals surface area contributed by atoms with Gasteiger partial charge in [-0.15, -0.1) is 0 Å². The second kappa shape index (κ2) is 7.86. The first-order chi connectivity index (χ1) is 13.6. The van der Waals surface area contributed by atoms with Crippen LogP contribution in [0, 0.1) is 0 Å². The fourth-order valence-electron chi connectivity index (χ4n) is 3.66. The van der Waals surface area contributed by atoms with Crippen LogP contribution in [0.25, 0.3) is 10.9 Å². The Kier molecular flexibility index (Phi) is 5.12. The molecule has 1 saturated heterocycles. The Morgan fingerprint density at radius 3 is 2.75 bits per heavy atom. The van der Waals surface area contributed by atoms with Crippen LogP contribution >= 0.6 is 0 Å². The van der Waals surface area contributed by atoms with Gasteiger partial charge in [0, 0.05) is 42.2 Å². The molecule has 4 rings (SSSR count). The summed E-state index contributed by atoms with van der Waals surface area (Å²) in [6.45, 7) is 1.35. The number of para-hydroxylation sites is 2. The van der Waals surface area contributed by atoms with Crippen LogP contribution in [0.5, 0.6) is 5.75 Å². The van der Waals surface area contributed by atoms with Crippen molar-refractivity contribution in [3.8, 4) is 5.75 Å². The molecule has 6 heteroatoms. The number of phenols is 1. The Hall–Kier alpha value is -3.12. The van der Waals surface area contributed by atoms with E-state index in [0.717, 1.165) is 12.8 Å². The molecule has 2 heterocycles. The van der Waals surface area contributed by atoms with Crippen molar-refractivity contribution in [2.24, 2.45) is 0 Å². The number of carbonyl (C=O) groups excluding carboxylic acids is 1. The Balaban J connectivity index is 1.72. The minimum absolute atomic E-state index is 0.0388. The van der Waals surface area contributed by atoms with Gasteiger partial charge in [0.25, 0.3) is 5.91 Å². The molecular formula is C22H22N2O4. The maximum absolute atomic E-state index is 13.5. The molecule has 2 N–H and O–H groups in total. The summed E-state index contributed by atoms with van der Waals surface area (Å²) in [5.74, 6) is -0.107. The van der Waals surface area contributed by atoms with Gasteiger partial charge < -0.3 is 19.7 Å². The number of H-pyrrole nitrogens is 1. The summed E-state index contributed by atoms with van der Waals surface area (Å²) in [4.78, 5) is 30.0. The van der Waals surface area contributed by atoms with E-state index < -0.39 is 0 Å². The minimum atomic E-state index is -0.318. The maximum atomic E-state index is 13.5. The first-order valence-corrected chi connectivity index (χ1v) is 9.41. The summed E-state index contributed by atoms with van der Waals surface area (Å²) in [6.07, 6.45) is 1.82. The zero-order valence-electron chi connectivity index (χ0n) is 15.4. The number of benzene rings is 2. The molecule has 28 heavy (non-hydrogen) atoms. The molecule has 0 saturated carbocycles. The van der Waals surface area contributed by atoms with Crippen LogP contribution in [0.15, 0.2) is 59.4 Å². The first-order valence-electron chi connectivity index (χ1n) is 9.41. The van der Waals surface area contributed by atoms with E-state index in [0.29, 0.717) is 35.2 Å². The molecule has 1 amide bonds. The average Bonchev–Trinajstić information content (AvgIpc) is 3.21. The number of hydrogen-bond acceptors (Lipinski definition) is 4. The number of amides is 1. The van der Waals surface area contributed by atoms with Gasteiger partial charge in [0.2, 0.25) is 5.56 Å². The summed E-state index contributed by atoms with van der Waals surface area (Å²) >= 11 is 0. The van der Waals surface area contributed by atoms with E-state index in [9.17, 15) is 14.7 Å². The van der Waals surface area contributed by atoms with Crippen molar-refractivity contribution in [3.63, 3.8) is 0 Å². The van der Waals surface area contributed by atoms with Crippen LogP contribution in [0.3, 0.4) is 0 Å². The standard InChI is InChI=1S/C22H22N2O4/c25-20-10-4-1-6-15(20)13-24(14-16-7-5-11-28-16)22(27)18-12-21(26)23-19-9-3-2-8-17(18)19/h1-4,6,8-10,12,16,25H,5,7,11,13-14H2,(H,23,26). The number of aromatic hydroxyl groups is 1. The zero-order valence-corrected chi connectivity index (χ0v) is 15.4. The van der Waals surface area contributed by atoms with Gasteiger partial charge in [-0.2, -0.15) is 0 Å². The van der Waals surface area contributed by atoms with E-state index >= 15 is 0 Å². The summed E-state index contributed by atoms with van der Waals surface area (Å²) in [5.41, 5.74) is 1.32. The second-order valence-electron chi connectivity index (χ2n) is 7.04. The van der Waals surface area contributed by atoms with Gasteiger partial charge in [-0.05, 0) is 25.0 Å². The lowest BCUT2D eigenvalue weighted by Gasteiger charge is -2.26.